The number of aryl methyl sites for hydroxylation is 1. The van der Waals surface area contributed by atoms with Gasteiger partial charge in [0.05, 0.1) is 12.2 Å². The molecule has 0 aromatic heterocycles. The van der Waals surface area contributed by atoms with E-state index in [1.54, 1.807) is 0 Å². The minimum Gasteiger partial charge on any atom is -0.507 e. The van der Waals surface area contributed by atoms with Gasteiger partial charge in [0.15, 0.2) is 0 Å². The fraction of sp³-hybridized carbons (Fsp3) is 0.588. The number of likely N-dealkylation sites (tertiary alicyclic amines) is 1. The molecule has 0 saturated carbocycles. The first-order chi connectivity index (χ1) is 11.0. The monoisotopic (exact) mass is 320 g/mol. The first-order valence-electron chi connectivity index (χ1n) is 8.16. The van der Waals surface area contributed by atoms with E-state index in [0.29, 0.717) is 37.7 Å². The van der Waals surface area contributed by atoms with Crippen LogP contribution < -0.4 is 5.73 Å². The van der Waals surface area contributed by atoms with Crippen LogP contribution in [0.4, 0.5) is 4.79 Å². The minimum absolute atomic E-state index is 0.0142. The summed E-state index contributed by atoms with van der Waals surface area (Å²) in [6.45, 7) is 3.35. The van der Waals surface area contributed by atoms with Crippen molar-refractivity contribution in [2.45, 2.75) is 38.4 Å². The van der Waals surface area contributed by atoms with E-state index in [4.69, 9.17) is 15.6 Å². The predicted molar refractivity (Wildman–Crippen MR) is 85.5 cm³/mol. The molecule has 2 heterocycles. The third kappa shape index (κ3) is 3.01. The summed E-state index contributed by atoms with van der Waals surface area (Å²) in [5.41, 5.74) is 8.65. The molecule has 2 atom stereocenters. The number of carbonyl (C=O) groups is 1. The van der Waals surface area contributed by atoms with Crippen molar-refractivity contribution in [2.24, 2.45) is 11.7 Å². The number of rotatable bonds is 2. The van der Waals surface area contributed by atoms with Crippen molar-refractivity contribution in [1.29, 1.82) is 0 Å². The Hall–Kier alpha value is -1.79. The fourth-order valence-electron chi connectivity index (χ4n) is 3.74. The molecule has 1 fully saturated rings. The van der Waals surface area contributed by atoms with Crippen molar-refractivity contribution in [1.82, 2.24) is 4.90 Å². The maximum atomic E-state index is 11.0. The summed E-state index contributed by atoms with van der Waals surface area (Å²) in [7, 11) is 0. The van der Waals surface area contributed by atoms with Crippen LogP contribution in [0.15, 0.2) is 12.1 Å². The third-order valence-corrected chi connectivity index (χ3v) is 5.16. The number of nitrogens with two attached hydrogens (primary N) is 1. The number of carboxylic acid groups (broad SMARTS) is 1. The van der Waals surface area contributed by atoms with E-state index in [-0.39, 0.29) is 12.2 Å². The highest BCUT2D eigenvalue weighted by atomic mass is 16.5. The fourth-order valence-corrected chi connectivity index (χ4v) is 3.74. The molecule has 4 N–H and O–H groups in total. The first-order valence-corrected chi connectivity index (χ1v) is 8.16. The average molecular weight is 320 g/mol. The van der Waals surface area contributed by atoms with Crippen LogP contribution in [0.2, 0.25) is 0 Å². The Kier molecular flexibility index (Phi) is 4.46. The number of aromatic hydroxyl groups is 1. The van der Waals surface area contributed by atoms with Crippen molar-refractivity contribution < 1.29 is 19.7 Å². The van der Waals surface area contributed by atoms with E-state index in [0.717, 1.165) is 29.5 Å². The second kappa shape index (κ2) is 6.37. The number of amides is 1. The lowest BCUT2D eigenvalue weighted by atomic mass is 9.83. The van der Waals surface area contributed by atoms with Gasteiger partial charge in [-0.3, -0.25) is 0 Å². The van der Waals surface area contributed by atoms with E-state index in [9.17, 15) is 9.90 Å². The van der Waals surface area contributed by atoms with E-state index < -0.39 is 6.09 Å². The summed E-state index contributed by atoms with van der Waals surface area (Å²) in [4.78, 5) is 12.5. The highest BCUT2D eigenvalue weighted by molar-refractivity contribution is 5.65. The quantitative estimate of drug-likeness (QED) is 0.775. The van der Waals surface area contributed by atoms with Gasteiger partial charge in [0.2, 0.25) is 0 Å². The van der Waals surface area contributed by atoms with Crippen LogP contribution in [0.25, 0.3) is 0 Å². The lowest BCUT2D eigenvalue weighted by molar-refractivity contribution is -0.0634. The van der Waals surface area contributed by atoms with Gasteiger partial charge in [-0.2, -0.15) is 0 Å². The molecule has 2 aliphatic rings. The van der Waals surface area contributed by atoms with Gasteiger partial charge in [0, 0.05) is 31.6 Å². The van der Waals surface area contributed by atoms with Crippen LogP contribution in [0.1, 0.15) is 35.6 Å². The van der Waals surface area contributed by atoms with Gasteiger partial charge in [-0.25, -0.2) is 4.79 Å². The van der Waals surface area contributed by atoms with Crippen LogP contribution in [0, 0.1) is 12.8 Å². The molecule has 1 amide bonds. The molecule has 0 unspecified atom stereocenters. The van der Waals surface area contributed by atoms with E-state index in [1.807, 2.05) is 19.1 Å². The van der Waals surface area contributed by atoms with Gasteiger partial charge >= 0.3 is 6.09 Å². The molecule has 0 spiro atoms. The highest BCUT2D eigenvalue weighted by Crippen LogP contribution is 2.40. The van der Waals surface area contributed by atoms with Crippen molar-refractivity contribution in [3.05, 3.63) is 28.8 Å². The maximum absolute atomic E-state index is 11.0. The molecule has 0 bridgehead atoms. The summed E-state index contributed by atoms with van der Waals surface area (Å²) < 4.78 is 6.19. The summed E-state index contributed by atoms with van der Waals surface area (Å²) in [5.74, 6) is 0.643. The van der Waals surface area contributed by atoms with Crippen LogP contribution in [-0.2, 0) is 11.2 Å². The predicted octanol–water partition coefficient (Wildman–Crippen LogP) is 2.03. The second-order valence-corrected chi connectivity index (χ2v) is 6.51. The number of ether oxygens (including phenoxy) is 1. The lowest BCUT2D eigenvalue weighted by Gasteiger charge is -2.40. The van der Waals surface area contributed by atoms with Crippen molar-refractivity contribution in [3.8, 4) is 5.75 Å². The Balaban J connectivity index is 1.78. The van der Waals surface area contributed by atoms with Gasteiger partial charge in [0.25, 0.3) is 0 Å². The molecule has 23 heavy (non-hydrogen) atoms. The molecular weight excluding hydrogens is 296 g/mol. The molecule has 1 aromatic carbocycles. The molecule has 126 valence electrons. The topological polar surface area (TPSA) is 96.0 Å². The van der Waals surface area contributed by atoms with Gasteiger partial charge in [0.1, 0.15) is 5.75 Å². The van der Waals surface area contributed by atoms with Crippen LogP contribution in [0.5, 0.6) is 5.75 Å². The maximum Gasteiger partial charge on any atom is 0.407 e. The van der Waals surface area contributed by atoms with E-state index in [2.05, 4.69) is 0 Å². The van der Waals surface area contributed by atoms with Gasteiger partial charge < -0.3 is 25.6 Å². The zero-order valence-electron chi connectivity index (χ0n) is 13.4. The first kappa shape index (κ1) is 16.1. The second-order valence-electron chi connectivity index (χ2n) is 6.51. The zero-order valence-corrected chi connectivity index (χ0v) is 13.4. The van der Waals surface area contributed by atoms with Crippen LogP contribution in [-0.4, -0.2) is 46.9 Å². The normalized spacial score (nSPS) is 25.2. The average Bonchev–Trinajstić information content (AvgIpc) is 2.57. The Bertz CT molecular complexity index is 597. The summed E-state index contributed by atoms with van der Waals surface area (Å²) in [6, 6.07) is 3.89. The minimum atomic E-state index is -0.855. The number of fused-ring (bicyclic) bond motifs is 1. The standard InChI is InChI=1S/C17H24N2O4/c1-10-2-3-12-13(16(10)20)8-14(23-15(12)9-18)11-4-6-19(7-5-11)17(21)22/h2-3,11,14-15,20H,4-9,18H2,1H3,(H,21,22)/t14-,15-/m0/s1. The Morgan fingerprint density at radius 2 is 2.09 bits per heavy atom. The Labute approximate surface area is 135 Å². The lowest BCUT2D eigenvalue weighted by Crippen LogP contribution is -2.43. The van der Waals surface area contributed by atoms with Crippen molar-refractivity contribution >= 4 is 6.09 Å². The molecule has 1 saturated heterocycles. The zero-order chi connectivity index (χ0) is 16.6. The molecule has 1 aromatic rings. The number of piperidine rings is 1. The van der Waals surface area contributed by atoms with E-state index in [1.165, 1.54) is 4.90 Å². The summed E-state index contributed by atoms with van der Waals surface area (Å²) >= 11 is 0. The van der Waals surface area contributed by atoms with Crippen molar-refractivity contribution in [2.75, 3.05) is 19.6 Å². The molecule has 0 radical (unpaired) electrons. The number of phenolic OH excluding ortho intramolecular Hbond substituents is 1. The van der Waals surface area contributed by atoms with Gasteiger partial charge in [-0.05, 0) is 36.8 Å². The smallest absolute Gasteiger partial charge is 0.407 e. The Morgan fingerprint density at radius 1 is 1.39 bits per heavy atom. The molecule has 6 heteroatoms. The largest absolute Gasteiger partial charge is 0.507 e. The molecule has 0 aliphatic carbocycles. The van der Waals surface area contributed by atoms with Crippen LogP contribution >= 0.6 is 0 Å². The molecule has 6 nitrogen and oxygen atoms in total. The van der Waals surface area contributed by atoms with E-state index >= 15 is 0 Å². The third-order valence-electron chi connectivity index (χ3n) is 5.16. The summed E-state index contributed by atoms with van der Waals surface area (Å²) in [6.07, 6.45) is 1.17. The Morgan fingerprint density at radius 3 is 2.70 bits per heavy atom. The molecular formula is C17H24N2O4. The van der Waals surface area contributed by atoms with Crippen LogP contribution in [0.3, 0.4) is 0 Å². The van der Waals surface area contributed by atoms with Crippen molar-refractivity contribution in [3.63, 3.8) is 0 Å². The summed E-state index contributed by atoms with van der Waals surface area (Å²) in [5, 5.41) is 19.5. The SMILES string of the molecule is Cc1ccc2c(c1O)C[C@@H](C1CCN(C(=O)O)CC1)O[C@H]2CN. The number of benzene rings is 1. The number of phenols is 1. The molecule has 3 rings (SSSR count). The highest BCUT2D eigenvalue weighted by Gasteiger charge is 2.35. The van der Waals surface area contributed by atoms with Gasteiger partial charge in [-0.1, -0.05) is 12.1 Å². The number of hydrogen-bond donors (Lipinski definition) is 3. The van der Waals surface area contributed by atoms with Gasteiger partial charge in [-0.15, -0.1) is 0 Å². The number of nitrogens with zero attached hydrogens (tertiary/aromatic N) is 1. The molecule has 2 aliphatic heterocycles. The number of hydrogen-bond acceptors (Lipinski definition) is 4.